The highest BCUT2D eigenvalue weighted by atomic mass is 32.1. The van der Waals surface area contributed by atoms with Gasteiger partial charge in [0.05, 0.1) is 49.3 Å². The number of ether oxygens (including phenoxy) is 4. The molecular weight excluding hydrogens is 516 g/mol. The van der Waals surface area contributed by atoms with Gasteiger partial charge in [-0.3, -0.25) is 9.36 Å². The second kappa shape index (κ2) is 12.3. The van der Waals surface area contributed by atoms with E-state index in [1.807, 2.05) is 49.4 Å². The summed E-state index contributed by atoms with van der Waals surface area (Å²) in [5.74, 6) is 1.37. The molecule has 3 aromatic rings. The Morgan fingerprint density at radius 2 is 1.87 bits per heavy atom. The molecule has 206 valence electrons. The monoisotopic (exact) mass is 550 g/mol. The van der Waals surface area contributed by atoms with Crippen molar-refractivity contribution in [2.24, 2.45) is 4.99 Å². The fourth-order valence-corrected chi connectivity index (χ4v) is 5.52. The molecule has 1 aliphatic heterocycles. The number of fused-ring (bicyclic) bond motifs is 1. The van der Waals surface area contributed by atoms with Crippen LogP contribution in [0, 0.1) is 6.92 Å². The van der Waals surface area contributed by atoms with Gasteiger partial charge in [0.15, 0.2) is 16.3 Å². The first kappa shape index (κ1) is 28.2. The van der Waals surface area contributed by atoms with Crippen molar-refractivity contribution in [2.75, 3.05) is 27.4 Å². The van der Waals surface area contributed by atoms with E-state index in [1.54, 1.807) is 32.6 Å². The van der Waals surface area contributed by atoms with Gasteiger partial charge < -0.3 is 18.9 Å². The number of aryl methyl sites for hydroxylation is 1. The summed E-state index contributed by atoms with van der Waals surface area (Å²) in [5, 5.41) is 0. The van der Waals surface area contributed by atoms with Crippen LogP contribution in [0.4, 0.5) is 0 Å². The minimum absolute atomic E-state index is 0.205. The molecular formula is C30H34N2O6S. The van der Waals surface area contributed by atoms with Crippen LogP contribution in [0.3, 0.4) is 0 Å². The lowest BCUT2D eigenvalue weighted by Gasteiger charge is -2.25. The molecule has 0 saturated heterocycles. The van der Waals surface area contributed by atoms with Gasteiger partial charge in [-0.1, -0.05) is 36.8 Å². The van der Waals surface area contributed by atoms with Crippen LogP contribution < -0.4 is 29.1 Å². The molecule has 0 N–H and O–H groups in total. The highest BCUT2D eigenvalue weighted by Gasteiger charge is 2.34. The highest BCUT2D eigenvalue weighted by molar-refractivity contribution is 7.07. The quantitative estimate of drug-likeness (QED) is 0.276. The lowest BCUT2D eigenvalue weighted by atomic mass is 9.95. The van der Waals surface area contributed by atoms with Crippen molar-refractivity contribution in [3.63, 3.8) is 0 Å². The number of allylic oxidation sites excluding steroid dienone is 1. The number of methoxy groups -OCH3 is 2. The summed E-state index contributed by atoms with van der Waals surface area (Å²) < 4.78 is 24.3. The molecule has 4 rings (SSSR count). The van der Waals surface area contributed by atoms with Crippen LogP contribution >= 0.6 is 11.3 Å². The summed E-state index contributed by atoms with van der Waals surface area (Å²) in [4.78, 5) is 32.2. The minimum atomic E-state index is -0.738. The molecule has 9 heteroatoms. The van der Waals surface area contributed by atoms with E-state index < -0.39 is 12.0 Å². The summed E-state index contributed by atoms with van der Waals surface area (Å²) in [6.07, 6.45) is 3.78. The Labute approximate surface area is 231 Å². The van der Waals surface area contributed by atoms with Gasteiger partial charge in [0.2, 0.25) is 0 Å². The Hall–Kier alpha value is -3.85. The van der Waals surface area contributed by atoms with E-state index in [2.05, 4.69) is 11.9 Å². The largest absolute Gasteiger partial charge is 0.497 e. The van der Waals surface area contributed by atoms with Crippen molar-refractivity contribution in [1.29, 1.82) is 0 Å². The fourth-order valence-electron chi connectivity index (χ4n) is 4.49. The Morgan fingerprint density at radius 3 is 2.54 bits per heavy atom. The van der Waals surface area contributed by atoms with Crippen LogP contribution in [0.25, 0.3) is 6.08 Å². The highest BCUT2D eigenvalue weighted by Crippen LogP contribution is 2.36. The van der Waals surface area contributed by atoms with Gasteiger partial charge in [0, 0.05) is 0 Å². The lowest BCUT2D eigenvalue weighted by molar-refractivity contribution is -0.139. The third-order valence-electron chi connectivity index (χ3n) is 6.54. The molecule has 0 fully saturated rings. The third-order valence-corrected chi connectivity index (χ3v) is 7.52. The van der Waals surface area contributed by atoms with E-state index in [9.17, 15) is 9.59 Å². The smallest absolute Gasteiger partial charge is 0.338 e. The molecule has 2 aromatic carbocycles. The number of hydrogen-bond donors (Lipinski definition) is 0. The van der Waals surface area contributed by atoms with E-state index in [-0.39, 0.29) is 12.2 Å². The molecule has 39 heavy (non-hydrogen) atoms. The number of benzene rings is 2. The van der Waals surface area contributed by atoms with Gasteiger partial charge in [-0.2, -0.15) is 0 Å². The van der Waals surface area contributed by atoms with Crippen LogP contribution in [-0.2, 0) is 9.53 Å². The molecule has 1 atom stereocenters. The van der Waals surface area contributed by atoms with E-state index in [0.29, 0.717) is 44.3 Å². The maximum atomic E-state index is 13.9. The minimum Gasteiger partial charge on any atom is -0.497 e. The predicted molar refractivity (Wildman–Crippen MR) is 152 cm³/mol. The topological polar surface area (TPSA) is 88.4 Å². The second-order valence-corrected chi connectivity index (χ2v) is 10.1. The second-order valence-electron chi connectivity index (χ2n) is 9.14. The number of carbonyl (C=O) groups excluding carboxylic acids is 1. The maximum Gasteiger partial charge on any atom is 0.338 e. The molecule has 0 radical (unpaired) electrons. The Bertz CT molecular complexity index is 1580. The van der Waals surface area contributed by atoms with Crippen molar-refractivity contribution >= 4 is 23.4 Å². The first-order chi connectivity index (χ1) is 18.8. The molecule has 0 spiro atoms. The average Bonchev–Trinajstić information content (AvgIpc) is 3.23. The van der Waals surface area contributed by atoms with Gasteiger partial charge >= 0.3 is 5.97 Å². The number of hydrogen-bond acceptors (Lipinski definition) is 8. The molecule has 0 saturated carbocycles. The number of esters is 1. The van der Waals surface area contributed by atoms with Crippen LogP contribution in [0.15, 0.2) is 57.5 Å². The number of carbonyl (C=O) groups is 1. The Morgan fingerprint density at radius 1 is 1.08 bits per heavy atom. The predicted octanol–water partition coefficient (Wildman–Crippen LogP) is 4.30. The molecule has 0 bridgehead atoms. The van der Waals surface area contributed by atoms with Crippen LogP contribution in [0.1, 0.15) is 56.3 Å². The number of thiazole rings is 1. The molecule has 0 amide bonds. The van der Waals surface area contributed by atoms with Crippen LogP contribution in [0.5, 0.6) is 17.2 Å². The van der Waals surface area contributed by atoms with Crippen molar-refractivity contribution in [2.45, 2.75) is 46.6 Å². The van der Waals surface area contributed by atoms with Crippen LogP contribution in [0.2, 0.25) is 0 Å². The molecule has 2 heterocycles. The normalized spacial score (nSPS) is 15.0. The van der Waals surface area contributed by atoms with Crippen molar-refractivity contribution in [3.8, 4) is 17.2 Å². The Kier molecular flexibility index (Phi) is 8.91. The van der Waals surface area contributed by atoms with E-state index in [0.717, 1.165) is 29.7 Å². The summed E-state index contributed by atoms with van der Waals surface area (Å²) in [6.45, 7) is 8.36. The van der Waals surface area contributed by atoms with Crippen molar-refractivity contribution < 1.29 is 23.7 Å². The van der Waals surface area contributed by atoms with Gasteiger partial charge in [-0.25, -0.2) is 9.79 Å². The Balaban J connectivity index is 1.89. The van der Waals surface area contributed by atoms with E-state index in [4.69, 9.17) is 18.9 Å². The molecule has 1 aromatic heterocycles. The fraction of sp³-hybridized carbons (Fsp3) is 0.367. The number of aromatic nitrogens is 1. The van der Waals surface area contributed by atoms with Gasteiger partial charge in [0.1, 0.15) is 5.75 Å². The van der Waals surface area contributed by atoms with E-state index >= 15 is 0 Å². The first-order valence-corrected chi connectivity index (χ1v) is 13.8. The van der Waals surface area contributed by atoms with Gasteiger partial charge in [-0.15, -0.1) is 0 Å². The summed E-state index contributed by atoms with van der Waals surface area (Å²) in [5.41, 5.74) is 3.15. The zero-order valence-corrected chi connectivity index (χ0v) is 24.0. The average molecular weight is 551 g/mol. The van der Waals surface area contributed by atoms with Gasteiger partial charge in [0.25, 0.3) is 5.56 Å². The summed E-state index contributed by atoms with van der Waals surface area (Å²) >= 11 is 1.29. The summed E-state index contributed by atoms with van der Waals surface area (Å²) in [7, 11) is 3.19. The van der Waals surface area contributed by atoms with Crippen molar-refractivity contribution in [3.05, 3.63) is 84.0 Å². The number of rotatable bonds is 10. The standard InChI is InChI=1S/C30H34N2O6S/c1-7-9-14-38-23-13-11-21(16-24(23)36-6)27-26(29(34)37-8-2)19(4)31-30-32(27)28(33)25(39-30)17-20-10-12-22(35-5)15-18(20)3/h10-13,15-17,27H,7-9,14H2,1-6H3/t27-/m0/s1. The third kappa shape index (κ3) is 5.78. The molecule has 0 unspecified atom stereocenters. The molecule has 8 nitrogen and oxygen atoms in total. The molecule has 1 aliphatic rings. The SMILES string of the molecule is CCCCOc1ccc([C@H]2C(C(=O)OCC)=C(C)N=c3sc(=Cc4ccc(OC)cc4C)c(=O)n32)cc1OC. The molecule has 0 aliphatic carbocycles. The van der Waals surface area contributed by atoms with Crippen molar-refractivity contribution in [1.82, 2.24) is 4.57 Å². The zero-order chi connectivity index (χ0) is 28.1. The lowest BCUT2D eigenvalue weighted by Crippen LogP contribution is -2.40. The van der Waals surface area contributed by atoms with E-state index in [1.165, 1.54) is 11.3 Å². The van der Waals surface area contributed by atoms with Crippen LogP contribution in [-0.4, -0.2) is 38.0 Å². The number of nitrogens with zero attached hydrogens (tertiary/aromatic N) is 2. The van der Waals surface area contributed by atoms with Gasteiger partial charge in [-0.05, 0) is 74.2 Å². The maximum absolute atomic E-state index is 13.9. The first-order valence-electron chi connectivity index (χ1n) is 13.0. The number of unbranched alkanes of at least 4 members (excludes halogenated alkanes) is 1. The summed E-state index contributed by atoms with van der Waals surface area (Å²) in [6, 6.07) is 10.5. The zero-order valence-electron chi connectivity index (χ0n) is 23.2.